The molecule has 6 heteroatoms. The Morgan fingerprint density at radius 3 is 2.43 bits per heavy atom. The molecule has 0 fully saturated rings. The summed E-state index contributed by atoms with van der Waals surface area (Å²) in [5, 5.41) is 0. The summed E-state index contributed by atoms with van der Waals surface area (Å²) in [4.78, 5) is 24.8. The van der Waals surface area contributed by atoms with Crippen molar-refractivity contribution in [3.05, 3.63) is 89.5 Å². The van der Waals surface area contributed by atoms with E-state index in [1.165, 1.54) is 6.08 Å². The number of allylic oxidation sites excluding steroid dienone is 1. The molecule has 1 aliphatic rings. The smallest absolute Gasteiger partial charge is 0.343 e. The van der Waals surface area contributed by atoms with Crippen LogP contribution in [0.4, 0.5) is 0 Å². The van der Waals surface area contributed by atoms with Crippen LogP contribution in [-0.2, 0) is 0 Å². The average molecular weight is 402 g/mol. The Hall–Kier alpha value is -4.06. The predicted molar refractivity (Wildman–Crippen MR) is 110 cm³/mol. The molecule has 1 aliphatic heterocycles. The average Bonchev–Trinajstić information content (AvgIpc) is 3.26. The van der Waals surface area contributed by atoms with Crippen molar-refractivity contribution in [2.24, 2.45) is 0 Å². The maximum absolute atomic E-state index is 12.4. The molecule has 0 unspecified atom stereocenters. The molecule has 0 aromatic heterocycles. The third kappa shape index (κ3) is 4.33. The van der Waals surface area contributed by atoms with Crippen LogP contribution in [0.2, 0.25) is 0 Å². The van der Waals surface area contributed by atoms with Gasteiger partial charge in [0.1, 0.15) is 11.5 Å². The fourth-order valence-corrected chi connectivity index (χ4v) is 2.89. The number of ketones is 1. The summed E-state index contributed by atoms with van der Waals surface area (Å²) in [5.41, 5.74) is 1.64. The molecular weight excluding hydrogens is 384 g/mol. The van der Waals surface area contributed by atoms with Crippen molar-refractivity contribution in [2.75, 3.05) is 13.9 Å². The zero-order valence-corrected chi connectivity index (χ0v) is 16.2. The molecule has 1 heterocycles. The molecular formula is C24H18O6. The van der Waals surface area contributed by atoms with Gasteiger partial charge >= 0.3 is 5.97 Å². The number of fused-ring (bicyclic) bond motifs is 1. The Labute approximate surface area is 173 Å². The first-order chi connectivity index (χ1) is 14.6. The van der Waals surface area contributed by atoms with Gasteiger partial charge in [0.2, 0.25) is 6.79 Å². The number of methoxy groups -OCH3 is 1. The number of carbonyl (C=O) groups is 2. The number of hydrogen-bond donors (Lipinski definition) is 0. The summed E-state index contributed by atoms with van der Waals surface area (Å²) in [6.45, 7) is 0.136. The van der Waals surface area contributed by atoms with Crippen LogP contribution >= 0.6 is 0 Å². The second-order valence-corrected chi connectivity index (χ2v) is 6.46. The minimum absolute atomic E-state index is 0.136. The zero-order chi connectivity index (χ0) is 20.9. The molecule has 0 amide bonds. The van der Waals surface area contributed by atoms with Crippen molar-refractivity contribution >= 4 is 17.8 Å². The third-order valence-corrected chi connectivity index (χ3v) is 4.48. The molecule has 6 nitrogen and oxygen atoms in total. The van der Waals surface area contributed by atoms with Crippen LogP contribution in [0.3, 0.4) is 0 Å². The third-order valence-electron chi connectivity index (χ3n) is 4.48. The second kappa shape index (κ2) is 8.53. The van der Waals surface area contributed by atoms with E-state index >= 15 is 0 Å². The number of benzene rings is 3. The summed E-state index contributed by atoms with van der Waals surface area (Å²) in [6, 6.07) is 18.7. The van der Waals surface area contributed by atoms with E-state index < -0.39 is 5.97 Å². The predicted octanol–water partition coefficient (Wildman–Crippen LogP) is 4.54. The molecule has 0 saturated carbocycles. The Morgan fingerprint density at radius 2 is 1.63 bits per heavy atom. The first-order valence-electron chi connectivity index (χ1n) is 9.21. The molecule has 0 spiro atoms. The van der Waals surface area contributed by atoms with E-state index in [1.54, 1.807) is 73.8 Å². The Kier molecular flexibility index (Phi) is 5.48. The monoisotopic (exact) mass is 402 g/mol. The van der Waals surface area contributed by atoms with Crippen LogP contribution < -0.4 is 18.9 Å². The number of hydrogen-bond acceptors (Lipinski definition) is 6. The lowest BCUT2D eigenvalue weighted by Gasteiger charge is -2.06. The highest BCUT2D eigenvalue weighted by atomic mass is 16.7. The van der Waals surface area contributed by atoms with Crippen molar-refractivity contribution in [1.29, 1.82) is 0 Å². The SMILES string of the molecule is COc1ccc(C(=O)C=Cc2cccc(OC(=O)c3ccc4c(c3)OCO4)c2)cc1. The summed E-state index contributed by atoms with van der Waals surface area (Å²) in [6.07, 6.45) is 3.14. The summed E-state index contributed by atoms with van der Waals surface area (Å²) < 4.78 is 21.1. The van der Waals surface area contributed by atoms with Crippen LogP contribution in [0, 0.1) is 0 Å². The van der Waals surface area contributed by atoms with Gasteiger partial charge in [-0.15, -0.1) is 0 Å². The minimum atomic E-state index is -0.510. The lowest BCUT2D eigenvalue weighted by molar-refractivity contribution is 0.0734. The van der Waals surface area contributed by atoms with Crippen molar-refractivity contribution < 1.29 is 28.5 Å². The first-order valence-corrected chi connectivity index (χ1v) is 9.21. The van der Waals surface area contributed by atoms with Crippen molar-refractivity contribution in [2.45, 2.75) is 0 Å². The number of carbonyl (C=O) groups excluding carboxylic acids is 2. The second-order valence-electron chi connectivity index (χ2n) is 6.46. The van der Waals surface area contributed by atoms with Crippen LogP contribution in [-0.4, -0.2) is 25.7 Å². The lowest BCUT2D eigenvalue weighted by Crippen LogP contribution is -2.08. The standard InChI is InChI=1S/C24H18O6/c1-27-19-9-6-17(7-10-19)21(25)11-5-16-3-2-4-20(13-16)30-24(26)18-8-12-22-23(14-18)29-15-28-22/h2-14H,15H2,1H3. The van der Waals surface area contributed by atoms with Gasteiger partial charge in [0.15, 0.2) is 17.3 Å². The molecule has 0 N–H and O–H groups in total. The highest BCUT2D eigenvalue weighted by Crippen LogP contribution is 2.32. The van der Waals surface area contributed by atoms with E-state index in [4.69, 9.17) is 18.9 Å². The molecule has 0 aliphatic carbocycles. The quantitative estimate of drug-likeness (QED) is 0.261. The minimum Gasteiger partial charge on any atom is -0.497 e. The summed E-state index contributed by atoms with van der Waals surface area (Å²) in [5.74, 6) is 1.52. The van der Waals surface area contributed by atoms with E-state index in [0.29, 0.717) is 34.1 Å². The Balaban J connectivity index is 1.43. The fraction of sp³-hybridized carbons (Fsp3) is 0.0833. The van der Waals surface area contributed by atoms with E-state index in [0.717, 1.165) is 5.56 Å². The molecule has 3 aromatic rings. The highest BCUT2D eigenvalue weighted by Gasteiger charge is 2.17. The van der Waals surface area contributed by atoms with Gasteiger partial charge in [0.05, 0.1) is 12.7 Å². The Bertz CT molecular complexity index is 1110. The molecule has 4 rings (SSSR count). The number of esters is 1. The van der Waals surface area contributed by atoms with Gasteiger partial charge < -0.3 is 18.9 Å². The summed E-state index contributed by atoms with van der Waals surface area (Å²) >= 11 is 0. The van der Waals surface area contributed by atoms with Gasteiger partial charge in [-0.25, -0.2) is 4.79 Å². The topological polar surface area (TPSA) is 71.1 Å². The van der Waals surface area contributed by atoms with Gasteiger partial charge in [0, 0.05) is 5.56 Å². The van der Waals surface area contributed by atoms with E-state index in [1.807, 2.05) is 6.07 Å². The molecule has 0 saturated heterocycles. The van der Waals surface area contributed by atoms with Crippen molar-refractivity contribution in [1.82, 2.24) is 0 Å². The van der Waals surface area contributed by atoms with Gasteiger partial charge in [-0.3, -0.25) is 4.79 Å². The molecule has 3 aromatic carbocycles. The van der Waals surface area contributed by atoms with E-state index in [2.05, 4.69) is 0 Å². The normalized spacial score (nSPS) is 12.0. The van der Waals surface area contributed by atoms with E-state index in [9.17, 15) is 9.59 Å². The highest BCUT2D eigenvalue weighted by molar-refractivity contribution is 6.06. The molecule has 150 valence electrons. The maximum Gasteiger partial charge on any atom is 0.343 e. The summed E-state index contributed by atoms with van der Waals surface area (Å²) in [7, 11) is 1.57. The van der Waals surface area contributed by atoms with Crippen LogP contribution in [0.1, 0.15) is 26.3 Å². The molecule has 0 radical (unpaired) electrons. The van der Waals surface area contributed by atoms with Crippen LogP contribution in [0.5, 0.6) is 23.0 Å². The van der Waals surface area contributed by atoms with Gasteiger partial charge in [-0.2, -0.15) is 0 Å². The van der Waals surface area contributed by atoms with Crippen LogP contribution in [0.25, 0.3) is 6.08 Å². The largest absolute Gasteiger partial charge is 0.497 e. The number of ether oxygens (including phenoxy) is 4. The maximum atomic E-state index is 12.4. The molecule has 0 bridgehead atoms. The fourth-order valence-electron chi connectivity index (χ4n) is 2.89. The van der Waals surface area contributed by atoms with Crippen molar-refractivity contribution in [3.63, 3.8) is 0 Å². The van der Waals surface area contributed by atoms with Gasteiger partial charge in [-0.1, -0.05) is 18.2 Å². The Morgan fingerprint density at radius 1 is 0.867 bits per heavy atom. The lowest BCUT2D eigenvalue weighted by atomic mass is 10.1. The molecule has 0 atom stereocenters. The van der Waals surface area contributed by atoms with Gasteiger partial charge in [-0.05, 0) is 66.2 Å². The molecule has 30 heavy (non-hydrogen) atoms. The zero-order valence-electron chi connectivity index (χ0n) is 16.2. The van der Waals surface area contributed by atoms with Crippen LogP contribution in [0.15, 0.2) is 72.8 Å². The van der Waals surface area contributed by atoms with Gasteiger partial charge in [0.25, 0.3) is 0 Å². The first kappa shape index (κ1) is 19.3. The number of rotatable bonds is 6. The van der Waals surface area contributed by atoms with Crippen molar-refractivity contribution in [3.8, 4) is 23.0 Å². The van der Waals surface area contributed by atoms with E-state index in [-0.39, 0.29) is 12.6 Å².